The van der Waals surface area contributed by atoms with Crippen molar-refractivity contribution < 1.29 is 15.6 Å². The van der Waals surface area contributed by atoms with E-state index in [2.05, 4.69) is 138 Å². The molecule has 2 unspecified atom stereocenters. The van der Waals surface area contributed by atoms with Crippen LogP contribution < -0.4 is 0 Å². The van der Waals surface area contributed by atoms with Gasteiger partial charge in [-0.25, -0.2) is 0 Å². The third kappa shape index (κ3) is 4.25. The average molecular weight is 660 g/mol. The van der Waals surface area contributed by atoms with E-state index in [0.717, 1.165) is 0 Å². The minimum atomic E-state index is -4.70. The minimum absolute atomic E-state index is 0.105. The van der Waals surface area contributed by atoms with E-state index in [1.807, 2.05) is 0 Å². The molecule has 0 radical (unpaired) electrons. The molecule has 0 spiro atoms. The molecule has 4 heteroatoms. The molecule has 4 aromatic carbocycles. The maximum atomic E-state index is 8.44. The zero-order valence-electron chi connectivity index (χ0n) is 24.2. The van der Waals surface area contributed by atoms with Crippen molar-refractivity contribution >= 4 is 35.1 Å². The fraction of sp³-hybridized carbons (Fsp3) is 0.222. The van der Waals surface area contributed by atoms with Crippen molar-refractivity contribution in [2.75, 3.05) is 0 Å². The van der Waals surface area contributed by atoms with E-state index >= 15 is 0 Å². The predicted octanol–water partition coefficient (Wildman–Crippen LogP) is 11.2. The fourth-order valence-electron chi connectivity index (χ4n) is 7.57. The summed E-state index contributed by atoms with van der Waals surface area (Å²) in [6, 6.07) is 30.9. The van der Waals surface area contributed by atoms with Crippen LogP contribution in [0.2, 0.25) is 13.1 Å². The van der Waals surface area contributed by atoms with E-state index in [-0.39, 0.29) is 7.25 Å². The summed E-state index contributed by atoms with van der Waals surface area (Å²) >= 11 is -4.70. The van der Waals surface area contributed by atoms with Gasteiger partial charge < -0.3 is 0 Å². The molecular formula is C36H37Cl2SiZr. The van der Waals surface area contributed by atoms with Crippen LogP contribution in [0.15, 0.2) is 96.1 Å². The molecule has 2 atom stereocenters. The SMILES string of the molecule is CC1=Cc2c(-c3ccccc3)cc(C)cc2[CH]1[Zr]([Cl])([Cl])([CH]1C(C)=Cc2c(-c3ccccc3)cc(C)cc21)[SiH](C)C. The normalized spacial score (nSPS) is 19.1. The van der Waals surface area contributed by atoms with Crippen molar-refractivity contribution in [2.24, 2.45) is 0 Å². The third-order valence-corrected chi connectivity index (χ3v) is 61.6. The van der Waals surface area contributed by atoms with Crippen molar-refractivity contribution in [1.82, 2.24) is 0 Å². The standard InChI is InChI=1S/2C17H15.C2H7Si.2ClH.Zr/c2*1-12-8-15-9-13(2)11-17(15)16(10-12)14-6-4-3-5-7-14;1-3-2;;;/h2*3-11H,1-2H3;3H,1-2H3;2*1H;/q;;;;;+2/p-2. The summed E-state index contributed by atoms with van der Waals surface area (Å²) in [5.41, 5.74) is 15.6. The summed E-state index contributed by atoms with van der Waals surface area (Å²) in [5, 5.41) is 0. The monoisotopic (exact) mass is 657 g/mol. The number of hydrogen-bond donors (Lipinski definition) is 0. The van der Waals surface area contributed by atoms with Gasteiger partial charge in [0.15, 0.2) is 0 Å². The molecule has 40 heavy (non-hydrogen) atoms. The molecule has 0 aromatic heterocycles. The molecule has 0 amide bonds. The van der Waals surface area contributed by atoms with E-state index in [0.29, 0.717) is 0 Å². The van der Waals surface area contributed by atoms with Gasteiger partial charge in [-0.15, -0.1) is 0 Å². The first-order valence-corrected chi connectivity index (χ1v) is 30.7. The second-order valence-electron chi connectivity index (χ2n) is 12.4. The van der Waals surface area contributed by atoms with Crippen molar-refractivity contribution in [3.8, 4) is 22.3 Å². The van der Waals surface area contributed by atoms with Crippen LogP contribution in [0, 0.1) is 13.8 Å². The average Bonchev–Trinajstić information content (AvgIpc) is 3.45. The van der Waals surface area contributed by atoms with Gasteiger partial charge in [0, 0.05) is 0 Å². The van der Waals surface area contributed by atoms with E-state index in [1.54, 1.807) is 0 Å². The zero-order chi connectivity index (χ0) is 28.4. The first-order valence-electron chi connectivity index (χ1n) is 14.3. The number of allylic oxidation sites excluding steroid dienone is 2. The number of aryl methyl sites for hydroxylation is 2. The quantitative estimate of drug-likeness (QED) is 0.187. The number of hydrogen-bond acceptors (Lipinski definition) is 0. The second kappa shape index (κ2) is 10.1. The van der Waals surface area contributed by atoms with E-state index in [4.69, 9.17) is 17.0 Å². The first-order chi connectivity index (χ1) is 19.0. The molecule has 6 rings (SSSR count). The van der Waals surface area contributed by atoms with Crippen LogP contribution in [0.3, 0.4) is 0 Å². The van der Waals surface area contributed by atoms with Gasteiger partial charge in [0.25, 0.3) is 0 Å². The van der Waals surface area contributed by atoms with Crippen molar-refractivity contribution in [3.63, 3.8) is 0 Å². The van der Waals surface area contributed by atoms with Crippen LogP contribution in [0.5, 0.6) is 0 Å². The Morgan fingerprint density at radius 3 is 1.30 bits per heavy atom. The predicted molar refractivity (Wildman–Crippen MR) is 177 cm³/mol. The zero-order valence-corrected chi connectivity index (χ0v) is 29.4. The van der Waals surface area contributed by atoms with Gasteiger partial charge in [-0.05, 0) is 0 Å². The van der Waals surface area contributed by atoms with Gasteiger partial charge >= 0.3 is 250 Å². The topological polar surface area (TPSA) is 0 Å². The molecule has 0 saturated carbocycles. The molecule has 203 valence electrons. The van der Waals surface area contributed by atoms with Crippen LogP contribution in [-0.2, 0) is 15.6 Å². The Kier molecular flexibility index (Phi) is 7.11. The Balaban J connectivity index is 1.60. The molecule has 4 aromatic rings. The number of fused-ring (bicyclic) bond motifs is 2. The van der Waals surface area contributed by atoms with Crippen molar-refractivity contribution in [3.05, 3.63) is 129 Å². The van der Waals surface area contributed by atoms with Crippen LogP contribution in [0.25, 0.3) is 34.4 Å². The van der Waals surface area contributed by atoms with E-state index in [1.165, 1.54) is 66.8 Å². The van der Waals surface area contributed by atoms with Crippen molar-refractivity contribution in [1.29, 1.82) is 0 Å². The fourth-order valence-corrected chi connectivity index (χ4v) is 40.4. The second-order valence-corrected chi connectivity index (χ2v) is 54.9. The van der Waals surface area contributed by atoms with Crippen molar-refractivity contribution in [2.45, 2.75) is 48.0 Å². The summed E-state index contributed by atoms with van der Waals surface area (Å²) in [6.07, 6.45) is 4.80. The summed E-state index contributed by atoms with van der Waals surface area (Å²) in [7, 11) is 16.9. The van der Waals surface area contributed by atoms with E-state index in [9.17, 15) is 0 Å². The molecule has 0 N–H and O–H groups in total. The molecule has 2 aliphatic carbocycles. The Bertz CT molecular complexity index is 1580. The third-order valence-electron chi connectivity index (χ3n) is 9.37. The molecule has 0 nitrogen and oxygen atoms in total. The van der Waals surface area contributed by atoms with Crippen LogP contribution in [0.1, 0.15) is 54.5 Å². The number of rotatable bonds is 5. The van der Waals surface area contributed by atoms with E-state index < -0.39 is 21.5 Å². The van der Waals surface area contributed by atoms with Gasteiger partial charge in [-0.1, -0.05) is 0 Å². The Labute approximate surface area is 248 Å². The number of benzene rings is 4. The Hall–Kier alpha value is -1.96. The molecular weight excluding hydrogens is 623 g/mol. The van der Waals surface area contributed by atoms with Crippen LogP contribution in [-0.4, -0.2) is 5.92 Å². The molecule has 0 aliphatic heterocycles. The van der Waals surface area contributed by atoms with Gasteiger partial charge in [0.1, 0.15) is 0 Å². The summed E-state index contributed by atoms with van der Waals surface area (Å²) in [5.74, 6) is -1.57. The Morgan fingerprint density at radius 2 is 0.950 bits per heavy atom. The number of halogens is 2. The molecule has 0 bridgehead atoms. The summed E-state index contributed by atoms with van der Waals surface area (Å²) in [6.45, 7) is 13.8. The van der Waals surface area contributed by atoms with Gasteiger partial charge in [0.05, 0.1) is 0 Å². The molecule has 2 aliphatic rings. The van der Waals surface area contributed by atoms with Gasteiger partial charge in [0.2, 0.25) is 0 Å². The Morgan fingerprint density at radius 1 is 0.575 bits per heavy atom. The summed E-state index contributed by atoms with van der Waals surface area (Å²) < 4.78 is 0.211. The molecule has 0 saturated heterocycles. The van der Waals surface area contributed by atoms with Crippen LogP contribution in [0.4, 0.5) is 0 Å². The van der Waals surface area contributed by atoms with Gasteiger partial charge in [-0.3, -0.25) is 0 Å². The molecule has 0 fully saturated rings. The van der Waals surface area contributed by atoms with Crippen LogP contribution >= 0.6 is 17.0 Å². The van der Waals surface area contributed by atoms with Gasteiger partial charge in [-0.2, -0.15) is 0 Å². The molecule has 0 heterocycles. The maximum absolute atomic E-state index is 8.44. The summed E-state index contributed by atoms with van der Waals surface area (Å²) in [4.78, 5) is 0. The first kappa shape index (κ1) is 28.2.